The molecular weight excluding hydrogens is 159 g/mol. The van der Waals surface area contributed by atoms with Crippen molar-refractivity contribution in [2.75, 3.05) is 0 Å². The van der Waals surface area contributed by atoms with Crippen LogP contribution in [0.2, 0.25) is 15.8 Å². The van der Waals surface area contributed by atoms with E-state index in [9.17, 15) is 0 Å². The van der Waals surface area contributed by atoms with Crippen LogP contribution in [0.15, 0.2) is 24.3 Å². The molecule has 0 aromatic heterocycles. The topological polar surface area (TPSA) is 0 Å². The van der Waals surface area contributed by atoms with Gasteiger partial charge in [-0.15, -0.1) is 0 Å². The standard InChI is InChI=1S/C7H9.2C2H5.Al/c1-2-7-5-3-4-6-7;2*1-2;/h3-7H,1-2H2;2*1H2,2H3;. The van der Waals surface area contributed by atoms with E-state index in [0.29, 0.717) is 0 Å². The summed E-state index contributed by atoms with van der Waals surface area (Å²) in [4.78, 5) is 0. The summed E-state index contributed by atoms with van der Waals surface area (Å²) in [5.74, 6) is 0.776. The van der Waals surface area contributed by atoms with Gasteiger partial charge >= 0.3 is 0 Å². The molecule has 66 valence electrons. The van der Waals surface area contributed by atoms with Crippen LogP contribution in [0.4, 0.5) is 0 Å². The molecule has 0 spiro atoms. The molecule has 0 aromatic rings. The van der Waals surface area contributed by atoms with E-state index in [1.807, 2.05) is 0 Å². The molecule has 12 heavy (non-hydrogen) atoms. The first-order valence-corrected chi connectivity index (χ1v) is 7.66. The highest BCUT2D eigenvalue weighted by Crippen LogP contribution is 2.18. The summed E-state index contributed by atoms with van der Waals surface area (Å²) < 4.78 is 0. The van der Waals surface area contributed by atoms with Crippen molar-refractivity contribution in [1.29, 1.82) is 0 Å². The minimum Gasteiger partial charge on any atom is -0.0967 e. The molecule has 0 fully saturated rings. The molecule has 0 saturated carbocycles. The second-order valence-electron chi connectivity index (χ2n) is 3.69. The molecule has 1 aliphatic rings. The van der Waals surface area contributed by atoms with E-state index in [0.717, 1.165) is 5.92 Å². The second-order valence-corrected chi connectivity index (χ2v) is 7.64. The highest BCUT2D eigenvalue weighted by Gasteiger charge is 2.13. The Morgan fingerprint density at radius 2 is 1.67 bits per heavy atom. The van der Waals surface area contributed by atoms with Crippen molar-refractivity contribution in [2.24, 2.45) is 5.92 Å². The monoisotopic (exact) mass is 178 g/mol. The summed E-state index contributed by atoms with van der Waals surface area (Å²) in [5, 5.41) is 4.50. The smallest absolute Gasteiger partial charge is 0.0967 e. The SMILES string of the molecule is C[CH2][Al]([CH2]C)[CH2]CC1C=CC=C1. The molecule has 1 aliphatic carbocycles. The van der Waals surface area contributed by atoms with Crippen molar-refractivity contribution in [3.63, 3.8) is 0 Å². The van der Waals surface area contributed by atoms with Crippen molar-refractivity contribution < 1.29 is 0 Å². The van der Waals surface area contributed by atoms with Crippen molar-refractivity contribution in [3.05, 3.63) is 24.3 Å². The summed E-state index contributed by atoms with van der Waals surface area (Å²) in [6, 6.07) is 0. The lowest BCUT2D eigenvalue weighted by Crippen LogP contribution is -2.09. The minimum absolute atomic E-state index is 0.316. The zero-order chi connectivity index (χ0) is 8.81. The van der Waals surface area contributed by atoms with Crippen molar-refractivity contribution in [3.8, 4) is 0 Å². The summed E-state index contributed by atoms with van der Waals surface area (Å²) >= 11 is -0.316. The Morgan fingerprint density at radius 3 is 2.17 bits per heavy atom. The maximum absolute atomic E-state index is 2.36. The minimum atomic E-state index is -0.316. The molecule has 0 atom stereocenters. The fourth-order valence-electron chi connectivity index (χ4n) is 1.80. The lowest BCUT2D eigenvalue weighted by atomic mass is 10.1. The highest BCUT2D eigenvalue weighted by molar-refractivity contribution is 6.58. The fourth-order valence-corrected chi connectivity index (χ4v) is 4.05. The molecular formula is C11H19Al. The van der Waals surface area contributed by atoms with Gasteiger partial charge in [0.1, 0.15) is 0 Å². The van der Waals surface area contributed by atoms with Crippen molar-refractivity contribution in [1.82, 2.24) is 0 Å². The van der Waals surface area contributed by atoms with Gasteiger partial charge < -0.3 is 0 Å². The zero-order valence-corrected chi connectivity index (χ0v) is 9.45. The molecule has 0 aromatic carbocycles. The van der Waals surface area contributed by atoms with Gasteiger partial charge in [0.2, 0.25) is 0 Å². The maximum atomic E-state index is 2.36. The van der Waals surface area contributed by atoms with Crippen LogP contribution in [0.25, 0.3) is 0 Å². The molecule has 0 unspecified atom stereocenters. The Labute approximate surface area is 80.8 Å². The largest absolute Gasteiger partial charge is 0.261 e. The van der Waals surface area contributed by atoms with Crippen LogP contribution in [-0.2, 0) is 0 Å². The molecule has 0 nitrogen and oxygen atoms in total. The van der Waals surface area contributed by atoms with E-state index in [2.05, 4.69) is 38.2 Å². The zero-order valence-electron chi connectivity index (χ0n) is 8.29. The Bertz CT molecular complexity index is 154. The van der Waals surface area contributed by atoms with E-state index < -0.39 is 0 Å². The van der Waals surface area contributed by atoms with Gasteiger partial charge in [-0.1, -0.05) is 60.4 Å². The van der Waals surface area contributed by atoms with Gasteiger partial charge in [0.25, 0.3) is 14.1 Å². The number of hydrogen-bond donors (Lipinski definition) is 0. The molecule has 1 rings (SSSR count). The number of hydrogen-bond acceptors (Lipinski definition) is 0. The molecule has 0 heterocycles. The first-order valence-electron chi connectivity index (χ1n) is 5.21. The van der Waals surface area contributed by atoms with Gasteiger partial charge in [-0.25, -0.2) is 0 Å². The van der Waals surface area contributed by atoms with Gasteiger partial charge in [-0.3, -0.25) is 0 Å². The summed E-state index contributed by atoms with van der Waals surface area (Å²) in [5.41, 5.74) is 0. The molecule has 1 heteroatoms. The third-order valence-corrected chi connectivity index (χ3v) is 6.35. The Morgan fingerprint density at radius 1 is 1.08 bits per heavy atom. The van der Waals surface area contributed by atoms with Crippen molar-refractivity contribution >= 4 is 14.1 Å². The van der Waals surface area contributed by atoms with E-state index in [4.69, 9.17) is 0 Å². The van der Waals surface area contributed by atoms with Crippen LogP contribution in [-0.4, -0.2) is 14.1 Å². The average Bonchev–Trinajstić information content (AvgIpc) is 2.59. The van der Waals surface area contributed by atoms with Crippen LogP contribution in [0.5, 0.6) is 0 Å². The summed E-state index contributed by atoms with van der Waals surface area (Å²) in [6.07, 6.45) is 10.4. The Balaban J connectivity index is 2.15. The predicted molar refractivity (Wildman–Crippen MR) is 57.9 cm³/mol. The van der Waals surface area contributed by atoms with Gasteiger partial charge in [0.15, 0.2) is 0 Å². The Kier molecular flexibility index (Phi) is 4.73. The quantitative estimate of drug-likeness (QED) is 0.564. The molecule has 0 radical (unpaired) electrons. The third kappa shape index (κ3) is 3.17. The van der Waals surface area contributed by atoms with E-state index in [1.54, 1.807) is 0 Å². The normalized spacial score (nSPS) is 15.8. The van der Waals surface area contributed by atoms with Crippen LogP contribution in [0.3, 0.4) is 0 Å². The number of allylic oxidation sites excluding steroid dienone is 4. The van der Waals surface area contributed by atoms with Gasteiger partial charge in [0.05, 0.1) is 0 Å². The predicted octanol–water partition coefficient (Wildman–Crippen LogP) is 3.65. The van der Waals surface area contributed by atoms with Gasteiger partial charge in [-0.05, 0) is 5.92 Å². The summed E-state index contributed by atoms with van der Waals surface area (Å²) in [6.45, 7) is 4.72. The molecule has 0 aliphatic heterocycles. The van der Waals surface area contributed by atoms with E-state index in [-0.39, 0.29) is 14.1 Å². The average molecular weight is 178 g/mol. The van der Waals surface area contributed by atoms with E-state index >= 15 is 0 Å². The molecule has 0 bridgehead atoms. The first kappa shape index (κ1) is 10.1. The highest BCUT2D eigenvalue weighted by atomic mass is 27.2. The molecule has 0 amide bonds. The van der Waals surface area contributed by atoms with E-state index in [1.165, 1.54) is 22.3 Å². The third-order valence-electron chi connectivity index (χ3n) is 2.89. The van der Waals surface area contributed by atoms with Crippen LogP contribution in [0, 0.1) is 5.92 Å². The van der Waals surface area contributed by atoms with Gasteiger partial charge in [0, 0.05) is 0 Å². The van der Waals surface area contributed by atoms with Crippen LogP contribution >= 0.6 is 0 Å². The summed E-state index contributed by atoms with van der Waals surface area (Å²) in [7, 11) is 0. The second kappa shape index (κ2) is 5.62. The maximum Gasteiger partial charge on any atom is 0.261 e. The molecule has 0 N–H and O–H groups in total. The fraction of sp³-hybridized carbons (Fsp3) is 0.636. The molecule has 0 saturated heterocycles. The van der Waals surface area contributed by atoms with Crippen molar-refractivity contribution in [2.45, 2.75) is 36.1 Å². The van der Waals surface area contributed by atoms with Crippen LogP contribution < -0.4 is 0 Å². The first-order chi connectivity index (χ1) is 5.86. The Hall–Kier alpha value is 0.0125. The number of rotatable bonds is 5. The van der Waals surface area contributed by atoms with Gasteiger partial charge in [-0.2, -0.15) is 0 Å². The van der Waals surface area contributed by atoms with Crippen LogP contribution in [0.1, 0.15) is 20.3 Å². The lowest BCUT2D eigenvalue weighted by Gasteiger charge is -2.08. The lowest BCUT2D eigenvalue weighted by molar-refractivity contribution is 0.773.